The van der Waals surface area contributed by atoms with Crippen molar-refractivity contribution in [1.29, 1.82) is 0 Å². The third-order valence-corrected chi connectivity index (χ3v) is 3.72. The lowest BCUT2D eigenvalue weighted by molar-refractivity contribution is -0.121. The van der Waals surface area contributed by atoms with E-state index in [2.05, 4.69) is 31.7 Å². The van der Waals surface area contributed by atoms with E-state index in [0.29, 0.717) is 4.47 Å². The van der Waals surface area contributed by atoms with Crippen molar-refractivity contribution in [3.8, 4) is 0 Å². The molecule has 0 aliphatic rings. The van der Waals surface area contributed by atoms with E-state index < -0.39 is 0 Å². The van der Waals surface area contributed by atoms with E-state index in [0.717, 1.165) is 11.3 Å². The second-order valence-electron chi connectivity index (χ2n) is 4.63. The lowest BCUT2D eigenvalue weighted by Crippen LogP contribution is -2.23. The van der Waals surface area contributed by atoms with Crippen molar-refractivity contribution in [1.82, 2.24) is 15.1 Å². The van der Waals surface area contributed by atoms with Gasteiger partial charge in [-0.3, -0.25) is 9.48 Å². The van der Waals surface area contributed by atoms with Crippen LogP contribution in [0.2, 0.25) is 0 Å². The second kappa shape index (κ2) is 6.71. The first kappa shape index (κ1) is 15.5. The smallest absolute Gasteiger partial charge is 0.241 e. The lowest BCUT2D eigenvalue weighted by Gasteiger charge is -2.15. The zero-order chi connectivity index (χ0) is 15.4. The molecule has 112 valence electrons. The average Bonchev–Trinajstić information content (AvgIpc) is 2.85. The van der Waals surface area contributed by atoms with Crippen LogP contribution in [0.1, 0.15) is 18.5 Å². The van der Waals surface area contributed by atoms with Crippen LogP contribution in [0.4, 0.5) is 10.1 Å². The number of hydrogen-bond donors (Lipinski definition) is 2. The molecular weight excluding hydrogens is 339 g/mol. The summed E-state index contributed by atoms with van der Waals surface area (Å²) in [5.41, 5.74) is 1.73. The predicted octanol–water partition coefficient (Wildman–Crippen LogP) is 2.70. The zero-order valence-electron chi connectivity index (χ0n) is 11.7. The number of hydrogen-bond acceptors (Lipinski definition) is 3. The Labute approximate surface area is 130 Å². The van der Waals surface area contributed by atoms with E-state index in [-0.39, 0.29) is 24.3 Å². The number of carbonyl (C=O) groups is 1. The Hall–Kier alpha value is -1.89. The number of amides is 1. The normalized spacial score (nSPS) is 12.0. The first-order valence-electron chi connectivity index (χ1n) is 6.44. The highest BCUT2D eigenvalue weighted by Gasteiger charge is 2.11. The summed E-state index contributed by atoms with van der Waals surface area (Å²) in [6, 6.07) is 4.56. The highest BCUT2D eigenvalue weighted by atomic mass is 79.9. The molecule has 1 aromatic carbocycles. The van der Waals surface area contributed by atoms with Crippen molar-refractivity contribution in [2.45, 2.75) is 19.5 Å². The van der Waals surface area contributed by atoms with Crippen molar-refractivity contribution in [2.75, 3.05) is 12.4 Å². The summed E-state index contributed by atoms with van der Waals surface area (Å²) in [5, 5.41) is 9.91. The molecule has 5 nitrogen and oxygen atoms in total. The third-order valence-electron chi connectivity index (χ3n) is 3.03. The number of halogens is 2. The monoisotopic (exact) mass is 354 g/mol. The van der Waals surface area contributed by atoms with Gasteiger partial charge in [-0.25, -0.2) is 4.39 Å². The molecule has 1 aromatic heterocycles. The van der Waals surface area contributed by atoms with Gasteiger partial charge in [-0.05, 0) is 24.6 Å². The topological polar surface area (TPSA) is 59.0 Å². The number of benzene rings is 1. The summed E-state index contributed by atoms with van der Waals surface area (Å²) < 4.78 is 15.4. The van der Waals surface area contributed by atoms with Crippen molar-refractivity contribution in [3.63, 3.8) is 0 Å². The lowest BCUT2D eigenvalue weighted by atomic mass is 10.1. The summed E-state index contributed by atoms with van der Waals surface area (Å²) >= 11 is 3.35. The molecule has 2 rings (SSSR count). The molecule has 7 heteroatoms. The Balaban J connectivity index is 2.05. The van der Waals surface area contributed by atoms with Gasteiger partial charge in [0.15, 0.2) is 0 Å². The maximum Gasteiger partial charge on any atom is 0.241 e. The summed E-state index contributed by atoms with van der Waals surface area (Å²) in [6.07, 6.45) is 3.40. The molecule has 0 bridgehead atoms. The number of rotatable bonds is 5. The summed E-state index contributed by atoms with van der Waals surface area (Å²) in [4.78, 5) is 11.3. The van der Waals surface area contributed by atoms with Gasteiger partial charge >= 0.3 is 0 Å². The molecule has 0 aliphatic carbocycles. The van der Waals surface area contributed by atoms with Gasteiger partial charge in [0.05, 0.1) is 11.9 Å². The van der Waals surface area contributed by atoms with Gasteiger partial charge in [0, 0.05) is 23.8 Å². The number of nitrogens with zero attached hydrogens (tertiary/aromatic N) is 2. The molecule has 1 atom stereocenters. The maximum atomic E-state index is 13.1. The predicted molar refractivity (Wildman–Crippen MR) is 82.4 cm³/mol. The first-order valence-corrected chi connectivity index (χ1v) is 7.23. The fourth-order valence-corrected chi connectivity index (χ4v) is 2.63. The van der Waals surface area contributed by atoms with Crippen molar-refractivity contribution in [2.24, 2.45) is 0 Å². The van der Waals surface area contributed by atoms with E-state index in [1.165, 1.54) is 12.1 Å². The standard InChI is InChI=1S/C14H16BrFN4O/c1-9(12-4-3-10(16)5-13(12)15)19-11-6-18-20(7-11)8-14(21)17-2/h3-7,9,19H,8H2,1-2H3,(H,17,21). The van der Waals surface area contributed by atoms with Crippen LogP contribution in [0, 0.1) is 5.82 Å². The molecule has 0 fully saturated rings. The Morgan fingerprint density at radius 3 is 2.95 bits per heavy atom. The van der Waals surface area contributed by atoms with Crippen LogP contribution in [-0.4, -0.2) is 22.7 Å². The van der Waals surface area contributed by atoms with E-state index in [1.807, 2.05) is 6.92 Å². The van der Waals surface area contributed by atoms with Crippen LogP contribution >= 0.6 is 15.9 Å². The van der Waals surface area contributed by atoms with Crippen LogP contribution in [0.5, 0.6) is 0 Å². The number of aromatic nitrogens is 2. The van der Waals surface area contributed by atoms with Crippen molar-refractivity contribution >= 4 is 27.5 Å². The Bertz CT molecular complexity index is 644. The number of likely N-dealkylation sites (N-methyl/N-ethyl adjacent to an activating group) is 1. The molecule has 21 heavy (non-hydrogen) atoms. The number of nitrogens with one attached hydrogen (secondary N) is 2. The molecule has 2 N–H and O–H groups in total. The minimum absolute atomic E-state index is 0.0300. The van der Waals surface area contributed by atoms with E-state index in [9.17, 15) is 9.18 Å². The highest BCUT2D eigenvalue weighted by Crippen LogP contribution is 2.26. The molecule has 0 radical (unpaired) electrons. The summed E-state index contributed by atoms with van der Waals surface area (Å²) in [6.45, 7) is 2.14. The molecule has 0 spiro atoms. The molecule has 0 saturated heterocycles. The zero-order valence-corrected chi connectivity index (χ0v) is 13.3. The van der Waals surface area contributed by atoms with Crippen LogP contribution in [-0.2, 0) is 11.3 Å². The fraction of sp³-hybridized carbons (Fsp3) is 0.286. The minimum Gasteiger partial charge on any atom is -0.376 e. The minimum atomic E-state index is -0.281. The van der Waals surface area contributed by atoms with Gasteiger partial charge < -0.3 is 10.6 Å². The van der Waals surface area contributed by atoms with Gasteiger partial charge in [-0.2, -0.15) is 5.10 Å². The van der Waals surface area contributed by atoms with Gasteiger partial charge in [-0.15, -0.1) is 0 Å². The number of carbonyl (C=O) groups excluding carboxylic acids is 1. The first-order chi connectivity index (χ1) is 9.99. The van der Waals surface area contributed by atoms with E-state index >= 15 is 0 Å². The Morgan fingerprint density at radius 2 is 2.29 bits per heavy atom. The molecule has 0 aliphatic heterocycles. The van der Waals surface area contributed by atoms with Crippen molar-refractivity contribution < 1.29 is 9.18 Å². The van der Waals surface area contributed by atoms with Crippen LogP contribution in [0.25, 0.3) is 0 Å². The maximum absolute atomic E-state index is 13.1. The number of anilines is 1. The SMILES string of the molecule is CNC(=O)Cn1cc(NC(C)c2ccc(F)cc2Br)cn1. The Kier molecular flexibility index (Phi) is 4.95. The molecule has 0 saturated carbocycles. The quantitative estimate of drug-likeness (QED) is 0.867. The highest BCUT2D eigenvalue weighted by molar-refractivity contribution is 9.10. The molecule has 1 unspecified atom stereocenters. The van der Waals surface area contributed by atoms with E-state index in [4.69, 9.17) is 0 Å². The van der Waals surface area contributed by atoms with Crippen LogP contribution < -0.4 is 10.6 Å². The summed E-state index contributed by atoms with van der Waals surface area (Å²) in [7, 11) is 1.58. The van der Waals surface area contributed by atoms with Gasteiger partial charge in [0.1, 0.15) is 12.4 Å². The van der Waals surface area contributed by atoms with Crippen LogP contribution in [0.15, 0.2) is 35.1 Å². The van der Waals surface area contributed by atoms with Gasteiger partial charge in [0.2, 0.25) is 5.91 Å². The van der Waals surface area contributed by atoms with Crippen LogP contribution in [0.3, 0.4) is 0 Å². The van der Waals surface area contributed by atoms with Crippen molar-refractivity contribution in [3.05, 3.63) is 46.4 Å². The van der Waals surface area contributed by atoms with Gasteiger partial charge in [0.25, 0.3) is 0 Å². The molecule has 2 aromatic rings. The molecule has 1 heterocycles. The van der Waals surface area contributed by atoms with Gasteiger partial charge in [-0.1, -0.05) is 22.0 Å². The Morgan fingerprint density at radius 1 is 1.52 bits per heavy atom. The average molecular weight is 355 g/mol. The fourth-order valence-electron chi connectivity index (χ4n) is 1.93. The third kappa shape index (κ3) is 4.04. The molecular formula is C14H16BrFN4O. The largest absolute Gasteiger partial charge is 0.376 e. The van der Waals surface area contributed by atoms with E-state index in [1.54, 1.807) is 30.2 Å². The second-order valence-corrected chi connectivity index (χ2v) is 5.49. The summed E-state index contributed by atoms with van der Waals surface area (Å²) in [5.74, 6) is -0.393. The molecule has 1 amide bonds.